The van der Waals surface area contributed by atoms with Gasteiger partial charge >= 0.3 is 0 Å². The first-order chi connectivity index (χ1) is 6.34. The molecule has 1 saturated heterocycles. The maximum Gasteiger partial charge on any atom is 0.0724 e. The maximum absolute atomic E-state index is 4.26. The van der Waals surface area contributed by atoms with Crippen LogP contribution in [0.15, 0.2) is 12.4 Å². The van der Waals surface area contributed by atoms with Crippen molar-refractivity contribution in [2.24, 2.45) is 0 Å². The molecule has 2 N–H and O–H groups in total. The fourth-order valence-electron chi connectivity index (χ4n) is 1.19. The van der Waals surface area contributed by atoms with Gasteiger partial charge in [-0.05, 0) is 6.92 Å². The molecule has 0 amide bonds. The highest BCUT2D eigenvalue weighted by Crippen LogP contribution is 1.96. The zero-order chi connectivity index (χ0) is 9.10. The summed E-state index contributed by atoms with van der Waals surface area (Å²) in [5, 5.41) is 6.60. The molecule has 0 bridgehead atoms. The van der Waals surface area contributed by atoms with Gasteiger partial charge in [0.2, 0.25) is 0 Å². The zero-order valence-corrected chi connectivity index (χ0v) is 7.75. The summed E-state index contributed by atoms with van der Waals surface area (Å²) in [7, 11) is 0. The van der Waals surface area contributed by atoms with Crippen LogP contribution in [0.4, 0.5) is 0 Å². The SMILES string of the molecule is Cc1cnc(CNC2CNC2)cn1. The Kier molecular flexibility index (Phi) is 2.52. The van der Waals surface area contributed by atoms with E-state index in [1.165, 1.54) is 0 Å². The van der Waals surface area contributed by atoms with Gasteiger partial charge in [0.1, 0.15) is 0 Å². The third kappa shape index (κ3) is 2.23. The van der Waals surface area contributed by atoms with Gasteiger partial charge in [-0.25, -0.2) is 0 Å². The largest absolute Gasteiger partial charge is 0.314 e. The van der Waals surface area contributed by atoms with Crippen LogP contribution in [0, 0.1) is 6.92 Å². The van der Waals surface area contributed by atoms with Gasteiger partial charge in [-0.15, -0.1) is 0 Å². The summed E-state index contributed by atoms with van der Waals surface area (Å²) in [6, 6.07) is 0.614. The van der Waals surface area contributed by atoms with E-state index in [9.17, 15) is 0 Å². The molecule has 0 radical (unpaired) electrons. The van der Waals surface area contributed by atoms with Gasteiger partial charge in [0.05, 0.1) is 11.4 Å². The van der Waals surface area contributed by atoms with Gasteiger partial charge in [0.15, 0.2) is 0 Å². The number of aromatic nitrogens is 2. The smallest absolute Gasteiger partial charge is 0.0724 e. The van der Waals surface area contributed by atoms with Crippen molar-refractivity contribution in [3.05, 3.63) is 23.8 Å². The number of nitrogens with one attached hydrogen (secondary N) is 2. The van der Waals surface area contributed by atoms with E-state index in [1.807, 2.05) is 13.1 Å². The van der Waals surface area contributed by atoms with Crippen LogP contribution in [-0.2, 0) is 6.54 Å². The minimum absolute atomic E-state index is 0.614. The lowest BCUT2D eigenvalue weighted by molar-refractivity contribution is 0.363. The normalized spacial score (nSPS) is 17.0. The van der Waals surface area contributed by atoms with Gasteiger partial charge in [-0.3, -0.25) is 9.97 Å². The van der Waals surface area contributed by atoms with Crippen LogP contribution in [0.3, 0.4) is 0 Å². The van der Waals surface area contributed by atoms with Crippen LogP contribution in [0.25, 0.3) is 0 Å². The summed E-state index contributed by atoms with van der Waals surface area (Å²) >= 11 is 0. The minimum atomic E-state index is 0.614. The number of hydrogen-bond donors (Lipinski definition) is 2. The molecule has 13 heavy (non-hydrogen) atoms. The predicted molar refractivity (Wildman–Crippen MR) is 50.3 cm³/mol. The quantitative estimate of drug-likeness (QED) is 0.675. The lowest BCUT2D eigenvalue weighted by Crippen LogP contribution is -2.55. The van der Waals surface area contributed by atoms with E-state index >= 15 is 0 Å². The van der Waals surface area contributed by atoms with E-state index in [1.54, 1.807) is 6.20 Å². The number of hydrogen-bond acceptors (Lipinski definition) is 4. The van der Waals surface area contributed by atoms with E-state index in [4.69, 9.17) is 0 Å². The first kappa shape index (κ1) is 8.59. The van der Waals surface area contributed by atoms with Crippen LogP contribution in [0.5, 0.6) is 0 Å². The van der Waals surface area contributed by atoms with Gasteiger partial charge in [-0.2, -0.15) is 0 Å². The molecule has 2 heterocycles. The molecule has 1 aliphatic rings. The van der Waals surface area contributed by atoms with Gasteiger partial charge in [-0.1, -0.05) is 0 Å². The second-order valence-corrected chi connectivity index (χ2v) is 3.39. The van der Waals surface area contributed by atoms with E-state index < -0.39 is 0 Å². The molecule has 1 aromatic rings. The van der Waals surface area contributed by atoms with Crippen molar-refractivity contribution in [1.82, 2.24) is 20.6 Å². The summed E-state index contributed by atoms with van der Waals surface area (Å²) in [5.74, 6) is 0. The first-order valence-electron chi connectivity index (χ1n) is 4.56. The Morgan fingerprint density at radius 2 is 2.31 bits per heavy atom. The molecule has 1 fully saturated rings. The van der Waals surface area contributed by atoms with Crippen LogP contribution in [-0.4, -0.2) is 29.1 Å². The predicted octanol–water partition coefficient (Wildman–Crippen LogP) is -0.154. The summed E-state index contributed by atoms with van der Waals surface area (Å²) in [6.07, 6.45) is 3.63. The molecule has 0 atom stereocenters. The second kappa shape index (κ2) is 3.81. The lowest BCUT2D eigenvalue weighted by Gasteiger charge is -2.27. The summed E-state index contributed by atoms with van der Waals surface area (Å²) in [4.78, 5) is 8.45. The Morgan fingerprint density at radius 3 is 2.85 bits per heavy atom. The fraction of sp³-hybridized carbons (Fsp3) is 0.556. The molecule has 0 unspecified atom stereocenters. The molecule has 2 rings (SSSR count). The minimum Gasteiger partial charge on any atom is -0.314 e. The Morgan fingerprint density at radius 1 is 1.46 bits per heavy atom. The van der Waals surface area contributed by atoms with Crippen molar-refractivity contribution < 1.29 is 0 Å². The van der Waals surface area contributed by atoms with Gasteiger partial charge < -0.3 is 10.6 Å². The number of rotatable bonds is 3. The highest BCUT2D eigenvalue weighted by atomic mass is 15.1. The van der Waals surface area contributed by atoms with Gasteiger partial charge in [0.25, 0.3) is 0 Å². The zero-order valence-electron chi connectivity index (χ0n) is 7.75. The highest BCUT2D eigenvalue weighted by Gasteiger charge is 2.15. The molecule has 0 aromatic carbocycles. The van der Waals surface area contributed by atoms with E-state index in [0.717, 1.165) is 31.0 Å². The van der Waals surface area contributed by atoms with Crippen LogP contribution >= 0.6 is 0 Å². The first-order valence-corrected chi connectivity index (χ1v) is 4.56. The number of aryl methyl sites for hydroxylation is 1. The van der Waals surface area contributed by atoms with Crippen LogP contribution in [0.1, 0.15) is 11.4 Å². The summed E-state index contributed by atoms with van der Waals surface area (Å²) in [5.41, 5.74) is 1.98. The van der Waals surface area contributed by atoms with E-state index in [0.29, 0.717) is 6.04 Å². The maximum atomic E-state index is 4.26. The molecule has 70 valence electrons. The molecular formula is C9H14N4. The Balaban J connectivity index is 1.83. The van der Waals surface area contributed by atoms with Crippen molar-refractivity contribution in [2.45, 2.75) is 19.5 Å². The van der Waals surface area contributed by atoms with E-state index in [2.05, 4.69) is 20.6 Å². The lowest BCUT2D eigenvalue weighted by atomic mass is 10.2. The Bertz CT molecular complexity index is 265. The van der Waals surface area contributed by atoms with Crippen LogP contribution in [0.2, 0.25) is 0 Å². The molecule has 0 aliphatic carbocycles. The van der Waals surface area contributed by atoms with Crippen LogP contribution < -0.4 is 10.6 Å². The monoisotopic (exact) mass is 178 g/mol. The molecule has 1 aromatic heterocycles. The van der Waals surface area contributed by atoms with E-state index in [-0.39, 0.29) is 0 Å². The molecule has 0 spiro atoms. The highest BCUT2D eigenvalue weighted by molar-refractivity contribution is 5.00. The van der Waals surface area contributed by atoms with Crippen molar-refractivity contribution in [1.29, 1.82) is 0 Å². The Labute approximate surface area is 77.8 Å². The molecular weight excluding hydrogens is 164 g/mol. The van der Waals surface area contributed by atoms with Crippen molar-refractivity contribution in [3.8, 4) is 0 Å². The molecule has 4 heteroatoms. The van der Waals surface area contributed by atoms with Gasteiger partial charge in [0, 0.05) is 38.1 Å². The second-order valence-electron chi connectivity index (χ2n) is 3.39. The van der Waals surface area contributed by atoms with Crippen molar-refractivity contribution in [3.63, 3.8) is 0 Å². The number of nitrogens with zero attached hydrogens (tertiary/aromatic N) is 2. The average molecular weight is 178 g/mol. The third-order valence-corrected chi connectivity index (χ3v) is 2.19. The van der Waals surface area contributed by atoms with Crippen molar-refractivity contribution >= 4 is 0 Å². The summed E-state index contributed by atoms with van der Waals surface area (Å²) in [6.45, 7) is 4.90. The summed E-state index contributed by atoms with van der Waals surface area (Å²) < 4.78 is 0. The standard InChI is InChI=1S/C9H14N4/c1-7-2-12-9(5-11-7)6-13-8-3-10-4-8/h2,5,8,10,13H,3-4,6H2,1H3. The molecule has 0 saturated carbocycles. The molecule has 1 aliphatic heterocycles. The third-order valence-electron chi connectivity index (χ3n) is 2.19. The topological polar surface area (TPSA) is 49.8 Å². The molecule has 4 nitrogen and oxygen atoms in total. The van der Waals surface area contributed by atoms with Crippen molar-refractivity contribution in [2.75, 3.05) is 13.1 Å². The average Bonchev–Trinajstić information content (AvgIpc) is 2.05. The Hall–Kier alpha value is -1.00. The fourth-order valence-corrected chi connectivity index (χ4v) is 1.19.